The molecule has 3 aromatic rings. The van der Waals surface area contributed by atoms with Crippen molar-refractivity contribution in [3.63, 3.8) is 0 Å². The first-order chi connectivity index (χ1) is 19.3. The second kappa shape index (κ2) is 12.1. The Morgan fingerprint density at radius 2 is 1.93 bits per heavy atom. The van der Waals surface area contributed by atoms with Gasteiger partial charge in [-0.25, -0.2) is 4.39 Å². The molecule has 1 atom stereocenters. The van der Waals surface area contributed by atoms with Gasteiger partial charge in [-0.3, -0.25) is 24.1 Å². The Morgan fingerprint density at radius 3 is 2.65 bits per heavy atom. The molecule has 9 nitrogen and oxygen atoms in total. The van der Waals surface area contributed by atoms with E-state index in [0.717, 1.165) is 59.0 Å². The predicted molar refractivity (Wildman–Crippen MR) is 151 cm³/mol. The van der Waals surface area contributed by atoms with E-state index in [1.807, 2.05) is 35.9 Å². The third kappa shape index (κ3) is 6.10. The molecule has 2 aliphatic rings. The first-order valence-electron chi connectivity index (χ1n) is 13.1. The number of rotatable bonds is 9. The fraction of sp³-hybridized carbons (Fsp3) is 0.310. The van der Waals surface area contributed by atoms with Crippen molar-refractivity contribution in [2.24, 2.45) is 0 Å². The molecule has 3 heterocycles. The minimum atomic E-state index is -0.578. The van der Waals surface area contributed by atoms with Crippen LogP contribution in [0.2, 0.25) is 0 Å². The van der Waals surface area contributed by atoms with Crippen molar-refractivity contribution in [1.82, 2.24) is 14.8 Å². The summed E-state index contributed by atoms with van der Waals surface area (Å²) in [5, 5.41) is 5.80. The summed E-state index contributed by atoms with van der Waals surface area (Å²) in [6, 6.07) is 11.0. The first-order valence-corrected chi connectivity index (χ1v) is 13.9. The highest BCUT2D eigenvalue weighted by molar-refractivity contribution is 8.18. The van der Waals surface area contributed by atoms with Crippen molar-refractivity contribution in [2.45, 2.75) is 38.8 Å². The second-order valence-corrected chi connectivity index (χ2v) is 10.6. The minimum Gasteiger partial charge on any atom is -0.376 e. The van der Waals surface area contributed by atoms with Crippen molar-refractivity contribution in [3.8, 4) is 0 Å². The molecule has 208 valence electrons. The van der Waals surface area contributed by atoms with Gasteiger partial charge in [0.05, 0.1) is 16.5 Å². The lowest BCUT2D eigenvalue weighted by atomic mass is 10.1. The van der Waals surface area contributed by atoms with Crippen LogP contribution in [0.1, 0.15) is 30.9 Å². The monoisotopic (exact) mass is 564 g/mol. The summed E-state index contributed by atoms with van der Waals surface area (Å²) in [5.74, 6) is -1.74. The molecule has 40 heavy (non-hydrogen) atoms. The summed E-state index contributed by atoms with van der Waals surface area (Å²) < 4.78 is 20.6. The molecule has 0 unspecified atom stereocenters. The number of imide groups is 1. The summed E-state index contributed by atoms with van der Waals surface area (Å²) in [6.45, 7) is 2.85. The number of fused-ring (bicyclic) bond motifs is 1. The standard InChI is InChI=1S/C29H29FN4O5S/c1-2-18-5-3-7-23-19(15-33(27(18)23)16-25(35)31-14-22-6-4-12-39-22)13-24-28(37)34(29(38)40-24)17-26(36)32-21-10-8-20(30)9-11-21/h3,5,7-11,13,15,22H,2,4,6,12,14,16-17H2,1H3,(H,31,35)(H,32,36)/b24-13-/t22-/m0/s1. The fourth-order valence-corrected chi connectivity index (χ4v) is 5.72. The van der Waals surface area contributed by atoms with Gasteiger partial charge >= 0.3 is 0 Å². The summed E-state index contributed by atoms with van der Waals surface area (Å²) in [7, 11) is 0. The van der Waals surface area contributed by atoms with Crippen molar-refractivity contribution < 1.29 is 28.3 Å². The van der Waals surface area contributed by atoms with E-state index in [9.17, 15) is 23.6 Å². The van der Waals surface area contributed by atoms with Crippen LogP contribution in [0.4, 0.5) is 14.9 Å². The normalized spacial score (nSPS) is 18.2. The van der Waals surface area contributed by atoms with Gasteiger partial charge in [-0.05, 0) is 66.9 Å². The second-order valence-electron chi connectivity index (χ2n) is 9.64. The Morgan fingerprint density at radius 1 is 1.12 bits per heavy atom. The maximum absolute atomic E-state index is 13.1. The third-order valence-corrected chi connectivity index (χ3v) is 7.76. The van der Waals surface area contributed by atoms with Crippen molar-refractivity contribution in [1.29, 1.82) is 0 Å². The van der Waals surface area contributed by atoms with Crippen molar-refractivity contribution in [2.75, 3.05) is 25.0 Å². The van der Waals surface area contributed by atoms with E-state index in [1.165, 1.54) is 24.3 Å². The highest BCUT2D eigenvalue weighted by Crippen LogP contribution is 2.35. The van der Waals surface area contributed by atoms with Gasteiger partial charge in [-0.2, -0.15) is 0 Å². The van der Waals surface area contributed by atoms with Gasteiger partial charge in [0.15, 0.2) is 0 Å². The Labute approximate surface area is 234 Å². The van der Waals surface area contributed by atoms with Crippen LogP contribution in [0, 0.1) is 5.82 Å². The van der Waals surface area contributed by atoms with Crippen LogP contribution in [-0.4, -0.2) is 58.2 Å². The number of hydrogen-bond acceptors (Lipinski definition) is 6. The number of carbonyl (C=O) groups is 4. The fourth-order valence-electron chi connectivity index (χ4n) is 4.89. The molecule has 0 aliphatic carbocycles. The van der Waals surface area contributed by atoms with Gasteiger partial charge in [0.1, 0.15) is 18.9 Å². The quantitative estimate of drug-likeness (QED) is 0.375. The van der Waals surface area contributed by atoms with Crippen molar-refractivity contribution >= 4 is 57.4 Å². The Bertz CT molecular complexity index is 1490. The van der Waals surface area contributed by atoms with Crippen molar-refractivity contribution in [3.05, 3.63) is 70.5 Å². The van der Waals surface area contributed by atoms with Gasteiger partial charge in [0, 0.05) is 36.0 Å². The number of anilines is 1. The molecule has 0 spiro atoms. The number of aryl methyl sites for hydroxylation is 1. The third-order valence-electron chi connectivity index (χ3n) is 6.85. The number of para-hydroxylation sites is 1. The van der Waals surface area contributed by atoms with Crippen LogP contribution < -0.4 is 10.6 Å². The maximum atomic E-state index is 13.1. The number of nitrogens with zero attached hydrogens (tertiary/aromatic N) is 2. The van der Waals surface area contributed by atoms with Crippen LogP contribution in [0.15, 0.2) is 53.6 Å². The zero-order valence-corrected chi connectivity index (χ0v) is 22.8. The van der Waals surface area contributed by atoms with E-state index in [0.29, 0.717) is 17.8 Å². The van der Waals surface area contributed by atoms with Crippen LogP contribution in [0.3, 0.4) is 0 Å². The number of aromatic nitrogens is 1. The molecule has 0 bridgehead atoms. The molecule has 0 saturated carbocycles. The average Bonchev–Trinajstić information content (AvgIpc) is 3.65. The average molecular weight is 565 g/mol. The van der Waals surface area contributed by atoms with Gasteiger partial charge in [-0.1, -0.05) is 25.1 Å². The topological polar surface area (TPSA) is 110 Å². The molecule has 0 radical (unpaired) electrons. The lowest BCUT2D eigenvalue weighted by Crippen LogP contribution is -2.36. The molecule has 11 heteroatoms. The number of halogens is 1. The largest absolute Gasteiger partial charge is 0.376 e. The zero-order chi connectivity index (χ0) is 28.2. The Hall–Kier alpha value is -3.96. The molecule has 2 fully saturated rings. The molecule has 2 N–H and O–H groups in total. The molecule has 4 amide bonds. The van der Waals surface area contributed by atoms with Crippen LogP contribution in [0.5, 0.6) is 0 Å². The molecule has 5 rings (SSSR count). The highest BCUT2D eigenvalue weighted by atomic mass is 32.2. The molecule has 2 aromatic carbocycles. The molecule has 2 aliphatic heterocycles. The van der Waals surface area contributed by atoms with Gasteiger partial charge in [-0.15, -0.1) is 0 Å². The first kappa shape index (κ1) is 27.6. The van der Waals surface area contributed by atoms with E-state index >= 15 is 0 Å². The highest BCUT2D eigenvalue weighted by Gasteiger charge is 2.36. The molecular formula is C29H29FN4O5S. The van der Waals surface area contributed by atoms with Crippen LogP contribution in [-0.2, 0) is 32.1 Å². The van der Waals surface area contributed by atoms with E-state index < -0.39 is 29.4 Å². The van der Waals surface area contributed by atoms with Gasteiger partial charge in [0.25, 0.3) is 11.1 Å². The van der Waals surface area contributed by atoms with Crippen LogP contribution in [0.25, 0.3) is 17.0 Å². The molecule has 2 saturated heterocycles. The van der Waals surface area contributed by atoms with Gasteiger partial charge < -0.3 is 19.9 Å². The van der Waals surface area contributed by atoms with E-state index in [2.05, 4.69) is 10.6 Å². The summed E-state index contributed by atoms with van der Waals surface area (Å²) in [5.41, 5.74) is 2.99. The zero-order valence-electron chi connectivity index (χ0n) is 21.9. The maximum Gasteiger partial charge on any atom is 0.294 e. The number of thioether (sulfide) groups is 1. The number of benzene rings is 2. The van der Waals surface area contributed by atoms with E-state index in [4.69, 9.17) is 4.74 Å². The minimum absolute atomic E-state index is 0.0421. The van der Waals surface area contributed by atoms with E-state index in [-0.39, 0.29) is 23.5 Å². The number of carbonyl (C=O) groups excluding carboxylic acids is 4. The smallest absolute Gasteiger partial charge is 0.294 e. The van der Waals surface area contributed by atoms with E-state index in [1.54, 1.807) is 6.08 Å². The SMILES string of the molecule is CCc1cccc2c(/C=C3\SC(=O)N(CC(=O)Nc4ccc(F)cc4)C3=O)cn(CC(=O)NC[C@@H]3CCCO3)c12. The predicted octanol–water partition coefficient (Wildman–Crippen LogP) is 4.31. The number of nitrogens with one attached hydrogen (secondary N) is 2. The summed E-state index contributed by atoms with van der Waals surface area (Å²) in [6.07, 6.45) is 6.16. The summed E-state index contributed by atoms with van der Waals surface area (Å²) in [4.78, 5) is 52.1. The number of ether oxygens (including phenoxy) is 1. The molecular weight excluding hydrogens is 535 g/mol. The van der Waals surface area contributed by atoms with Crippen LogP contribution >= 0.6 is 11.8 Å². The Balaban J connectivity index is 1.34. The summed E-state index contributed by atoms with van der Waals surface area (Å²) >= 11 is 0.757. The molecule has 1 aromatic heterocycles. The Kier molecular flexibility index (Phi) is 8.32. The lowest BCUT2D eigenvalue weighted by Gasteiger charge is -2.12. The number of amides is 4. The lowest BCUT2D eigenvalue weighted by molar-refractivity contribution is -0.127. The van der Waals surface area contributed by atoms with Gasteiger partial charge in [0.2, 0.25) is 11.8 Å². The number of hydrogen-bond donors (Lipinski definition) is 2.